The highest BCUT2D eigenvalue weighted by Crippen LogP contribution is 2.29. The maximum Gasteiger partial charge on any atom is 0.261 e. The number of hydrogen-bond donors (Lipinski definition) is 1. The Labute approximate surface area is 137 Å². The van der Waals surface area contributed by atoms with Crippen LogP contribution in [0, 0.1) is 0 Å². The molecular formula is C15H16ClN3O2S. The van der Waals surface area contributed by atoms with E-state index in [1.807, 2.05) is 0 Å². The predicted molar refractivity (Wildman–Crippen MR) is 88.1 cm³/mol. The van der Waals surface area contributed by atoms with Gasteiger partial charge in [0.2, 0.25) is 0 Å². The molecule has 2 heterocycles. The van der Waals surface area contributed by atoms with Crippen LogP contribution in [0.2, 0.25) is 5.02 Å². The van der Waals surface area contributed by atoms with E-state index in [9.17, 15) is 4.79 Å². The van der Waals surface area contributed by atoms with Crippen LogP contribution in [0.1, 0.15) is 20.9 Å². The Bertz CT molecular complexity index is 717. The lowest BCUT2D eigenvalue weighted by Gasteiger charge is -2.20. The summed E-state index contributed by atoms with van der Waals surface area (Å²) in [6, 6.07) is 4.94. The molecular weight excluding hydrogens is 322 g/mol. The van der Waals surface area contributed by atoms with Crippen molar-refractivity contribution in [3.05, 3.63) is 39.4 Å². The molecule has 22 heavy (non-hydrogen) atoms. The van der Waals surface area contributed by atoms with E-state index in [-0.39, 0.29) is 5.91 Å². The van der Waals surface area contributed by atoms with Gasteiger partial charge in [-0.25, -0.2) is 4.98 Å². The molecule has 0 unspecified atom stereocenters. The lowest BCUT2D eigenvalue weighted by Crippen LogP contribution is -2.25. The highest BCUT2D eigenvalue weighted by atomic mass is 35.5. The van der Waals surface area contributed by atoms with Crippen molar-refractivity contribution in [2.45, 2.75) is 13.0 Å². The summed E-state index contributed by atoms with van der Waals surface area (Å²) in [5.74, 6) is 0.207. The first-order valence-corrected chi connectivity index (χ1v) is 8.08. The van der Waals surface area contributed by atoms with Crippen LogP contribution in [-0.2, 0) is 13.0 Å². The van der Waals surface area contributed by atoms with Crippen molar-refractivity contribution in [3.8, 4) is 5.75 Å². The Morgan fingerprint density at radius 2 is 2.32 bits per heavy atom. The number of rotatable bonds is 3. The second kappa shape index (κ2) is 6.24. The minimum atomic E-state index is -0.243. The van der Waals surface area contributed by atoms with Crippen molar-refractivity contribution in [3.63, 3.8) is 0 Å². The number of nitrogens with one attached hydrogen (secondary N) is 1. The van der Waals surface area contributed by atoms with Crippen molar-refractivity contribution < 1.29 is 9.53 Å². The van der Waals surface area contributed by atoms with E-state index in [1.54, 1.807) is 18.2 Å². The number of aromatic nitrogens is 1. The van der Waals surface area contributed by atoms with Crippen LogP contribution >= 0.6 is 22.9 Å². The van der Waals surface area contributed by atoms with Gasteiger partial charge in [-0.3, -0.25) is 10.1 Å². The first-order valence-electron chi connectivity index (χ1n) is 6.89. The van der Waals surface area contributed by atoms with Crippen molar-refractivity contribution in [2.75, 3.05) is 26.0 Å². The summed E-state index contributed by atoms with van der Waals surface area (Å²) in [5, 5.41) is 4.01. The summed E-state index contributed by atoms with van der Waals surface area (Å²) in [6.07, 6.45) is 0.919. The van der Waals surface area contributed by atoms with Gasteiger partial charge in [0.25, 0.3) is 5.91 Å². The molecule has 0 saturated heterocycles. The fourth-order valence-corrected chi connectivity index (χ4v) is 3.64. The fourth-order valence-electron chi connectivity index (χ4n) is 2.39. The van der Waals surface area contributed by atoms with Gasteiger partial charge < -0.3 is 9.64 Å². The molecule has 2 aromatic rings. The zero-order valence-corrected chi connectivity index (χ0v) is 13.9. The number of amides is 1. The van der Waals surface area contributed by atoms with E-state index in [1.165, 1.54) is 23.3 Å². The third kappa shape index (κ3) is 3.09. The zero-order valence-electron chi connectivity index (χ0n) is 12.4. The average Bonchev–Trinajstić information content (AvgIpc) is 2.88. The minimum absolute atomic E-state index is 0.243. The molecule has 0 radical (unpaired) electrons. The van der Waals surface area contributed by atoms with Gasteiger partial charge in [-0.05, 0) is 25.2 Å². The molecule has 1 aromatic carbocycles. The standard InChI is InChI=1S/C15H16ClN3O2S/c1-19-6-5-11-13(8-19)22-15(17-11)18-14(20)10-4-3-9(16)7-12(10)21-2/h3-4,7H,5-6,8H2,1-2H3,(H,17,18,20). The van der Waals surface area contributed by atoms with Gasteiger partial charge in [-0.2, -0.15) is 0 Å². The van der Waals surface area contributed by atoms with Crippen LogP contribution in [0.3, 0.4) is 0 Å². The van der Waals surface area contributed by atoms with Gasteiger partial charge in [0.1, 0.15) is 5.75 Å². The van der Waals surface area contributed by atoms with E-state index in [0.29, 0.717) is 21.5 Å². The first-order chi connectivity index (χ1) is 10.6. The summed E-state index contributed by atoms with van der Waals surface area (Å²) in [4.78, 5) is 20.4. The Kier molecular flexibility index (Phi) is 4.33. The lowest BCUT2D eigenvalue weighted by atomic mass is 10.2. The Morgan fingerprint density at radius 1 is 1.50 bits per heavy atom. The molecule has 5 nitrogen and oxygen atoms in total. The van der Waals surface area contributed by atoms with Crippen LogP contribution in [0.4, 0.5) is 5.13 Å². The van der Waals surface area contributed by atoms with E-state index in [0.717, 1.165) is 25.2 Å². The number of hydrogen-bond acceptors (Lipinski definition) is 5. The van der Waals surface area contributed by atoms with Crippen molar-refractivity contribution >= 4 is 34.0 Å². The molecule has 7 heteroatoms. The van der Waals surface area contributed by atoms with Crippen LogP contribution in [-0.4, -0.2) is 36.5 Å². The average molecular weight is 338 g/mol. The van der Waals surface area contributed by atoms with E-state index in [2.05, 4.69) is 22.2 Å². The first kappa shape index (κ1) is 15.3. The Balaban J connectivity index is 1.80. The lowest BCUT2D eigenvalue weighted by molar-refractivity contribution is 0.102. The Hall–Kier alpha value is -1.63. The number of carbonyl (C=O) groups is 1. The van der Waals surface area contributed by atoms with E-state index >= 15 is 0 Å². The summed E-state index contributed by atoms with van der Waals surface area (Å²) < 4.78 is 5.21. The number of methoxy groups -OCH3 is 1. The van der Waals surface area contributed by atoms with Gasteiger partial charge in [-0.1, -0.05) is 11.6 Å². The van der Waals surface area contributed by atoms with Gasteiger partial charge >= 0.3 is 0 Å². The van der Waals surface area contributed by atoms with Gasteiger partial charge in [0.15, 0.2) is 5.13 Å². The fraction of sp³-hybridized carbons (Fsp3) is 0.333. The maximum atomic E-state index is 12.4. The van der Waals surface area contributed by atoms with Crippen LogP contribution < -0.4 is 10.1 Å². The third-order valence-electron chi connectivity index (χ3n) is 3.55. The van der Waals surface area contributed by atoms with Crippen molar-refractivity contribution in [2.24, 2.45) is 0 Å². The second-order valence-electron chi connectivity index (χ2n) is 5.18. The molecule has 1 amide bonds. The number of anilines is 1. The highest BCUT2D eigenvalue weighted by Gasteiger charge is 2.20. The van der Waals surface area contributed by atoms with Gasteiger partial charge in [0.05, 0.1) is 18.4 Å². The Morgan fingerprint density at radius 3 is 3.09 bits per heavy atom. The van der Waals surface area contributed by atoms with Crippen molar-refractivity contribution in [1.82, 2.24) is 9.88 Å². The van der Waals surface area contributed by atoms with E-state index < -0.39 is 0 Å². The molecule has 1 aliphatic heterocycles. The summed E-state index contributed by atoms with van der Waals surface area (Å²) in [6.45, 7) is 1.88. The number of likely N-dealkylation sites (N-methyl/N-ethyl adjacent to an activating group) is 1. The smallest absolute Gasteiger partial charge is 0.261 e. The zero-order chi connectivity index (χ0) is 15.7. The predicted octanol–water partition coefficient (Wildman–Crippen LogP) is 3.05. The number of nitrogens with zero attached hydrogens (tertiary/aromatic N) is 2. The monoisotopic (exact) mass is 337 g/mol. The second-order valence-corrected chi connectivity index (χ2v) is 6.70. The maximum absolute atomic E-state index is 12.4. The molecule has 1 aromatic heterocycles. The SMILES string of the molecule is COc1cc(Cl)ccc1C(=O)Nc1nc2c(s1)CN(C)CC2. The van der Waals surface area contributed by atoms with Crippen LogP contribution in [0.15, 0.2) is 18.2 Å². The molecule has 0 bridgehead atoms. The molecule has 1 N–H and O–H groups in total. The number of carbonyl (C=O) groups excluding carboxylic acids is 1. The van der Waals surface area contributed by atoms with Gasteiger partial charge in [0, 0.05) is 29.4 Å². The quantitative estimate of drug-likeness (QED) is 0.935. The molecule has 0 atom stereocenters. The van der Waals surface area contributed by atoms with E-state index in [4.69, 9.17) is 16.3 Å². The minimum Gasteiger partial charge on any atom is -0.496 e. The summed E-state index contributed by atoms with van der Waals surface area (Å²) >= 11 is 7.44. The van der Waals surface area contributed by atoms with Gasteiger partial charge in [-0.15, -0.1) is 11.3 Å². The highest BCUT2D eigenvalue weighted by molar-refractivity contribution is 7.15. The number of fused-ring (bicyclic) bond motifs is 1. The molecule has 0 fully saturated rings. The molecule has 0 spiro atoms. The molecule has 0 aliphatic carbocycles. The number of benzene rings is 1. The topological polar surface area (TPSA) is 54.5 Å². The molecule has 3 rings (SSSR count). The number of ether oxygens (including phenoxy) is 1. The third-order valence-corrected chi connectivity index (χ3v) is 4.78. The summed E-state index contributed by atoms with van der Waals surface area (Å²) in [7, 11) is 3.60. The normalized spacial score (nSPS) is 14.5. The molecule has 0 saturated carbocycles. The summed E-state index contributed by atoms with van der Waals surface area (Å²) in [5.41, 5.74) is 1.53. The van der Waals surface area contributed by atoms with Crippen LogP contribution in [0.25, 0.3) is 0 Å². The molecule has 1 aliphatic rings. The number of halogens is 1. The largest absolute Gasteiger partial charge is 0.496 e. The van der Waals surface area contributed by atoms with Crippen LogP contribution in [0.5, 0.6) is 5.75 Å². The van der Waals surface area contributed by atoms with Crippen molar-refractivity contribution in [1.29, 1.82) is 0 Å². The number of thiazole rings is 1. The molecule has 116 valence electrons.